The highest BCUT2D eigenvalue weighted by Gasteiger charge is 2.15. The van der Waals surface area contributed by atoms with E-state index in [2.05, 4.69) is 5.10 Å². The van der Waals surface area contributed by atoms with Crippen molar-refractivity contribution in [3.8, 4) is 0 Å². The number of amides is 1. The molecule has 0 spiro atoms. The van der Waals surface area contributed by atoms with Crippen LogP contribution in [0.15, 0.2) is 10.9 Å². The quantitative estimate of drug-likeness (QED) is 0.718. The summed E-state index contributed by atoms with van der Waals surface area (Å²) in [5.41, 5.74) is 0.0382. The molecule has 116 valence electrons. The van der Waals surface area contributed by atoms with E-state index in [1.54, 1.807) is 27.9 Å². The van der Waals surface area contributed by atoms with Gasteiger partial charge in [-0.05, 0) is 26.3 Å². The van der Waals surface area contributed by atoms with Crippen LogP contribution in [0.4, 0.5) is 0 Å². The first-order chi connectivity index (χ1) is 9.86. The van der Waals surface area contributed by atoms with E-state index < -0.39 is 11.5 Å². The Kier molecular flexibility index (Phi) is 6.08. The predicted molar refractivity (Wildman–Crippen MR) is 77.1 cm³/mol. The van der Waals surface area contributed by atoms with Crippen molar-refractivity contribution in [2.75, 3.05) is 20.7 Å². The van der Waals surface area contributed by atoms with Gasteiger partial charge in [0.15, 0.2) is 0 Å². The molecule has 7 heteroatoms. The van der Waals surface area contributed by atoms with E-state index in [4.69, 9.17) is 4.74 Å². The zero-order chi connectivity index (χ0) is 16.0. The summed E-state index contributed by atoms with van der Waals surface area (Å²) in [6, 6.07) is 1.42. The molecule has 0 N–H and O–H groups in total. The van der Waals surface area contributed by atoms with Crippen LogP contribution in [-0.4, -0.2) is 47.3 Å². The molecule has 7 nitrogen and oxygen atoms in total. The van der Waals surface area contributed by atoms with Gasteiger partial charge in [0.25, 0.3) is 5.56 Å². The highest BCUT2D eigenvalue weighted by atomic mass is 16.5. The molecular formula is C14H21N3O4. The average molecular weight is 295 g/mol. The van der Waals surface area contributed by atoms with E-state index in [-0.39, 0.29) is 24.6 Å². The van der Waals surface area contributed by atoms with Crippen molar-refractivity contribution in [2.45, 2.75) is 33.2 Å². The van der Waals surface area contributed by atoms with Crippen LogP contribution in [0.1, 0.15) is 35.8 Å². The molecule has 0 saturated heterocycles. The first-order valence-electron chi connectivity index (χ1n) is 6.82. The number of nitrogens with zero attached hydrogens (tertiary/aromatic N) is 3. The third kappa shape index (κ3) is 4.70. The van der Waals surface area contributed by atoms with Crippen LogP contribution in [0.25, 0.3) is 0 Å². The molecule has 0 bridgehead atoms. The van der Waals surface area contributed by atoms with Crippen LogP contribution in [0.5, 0.6) is 0 Å². The number of carbonyl (C=O) groups is 2. The molecule has 21 heavy (non-hydrogen) atoms. The standard InChI is InChI=1S/C14H21N3O4/c1-5-21-14(20)11-9-10(2)15-17(13(11)19)8-6-7-12(18)16(3)4/h9H,5-8H2,1-4H3. The molecule has 0 aliphatic carbocycles. The van der Waals surface area contributed by atoms with Gasteiger partial charge in [-0.15, -0.1) is 0 Å². The van der Waals surface area contributed by atoms with Gasteiger partial charge in [-0.3, -0.25) is 9.59 Å². The summed E-state index contributed by atoms with van der Waals surface area (Å²) in [7, 11) is 3.36. The minimum absolute atomic E-state index is 0.0127. The lowest BCUT2D eigenvalue weighted by atomic mass is 10.2. The molecule has 0 atom stereocenters. The lowest BCUT2D eigenvalue weighted by Gasteiger charge is -2.11. The van der Waals surface area contributed by atoms with Gasteiger partial charge in [-0.2, -0.15) is 5.10 Å². The molecule has 0 saturated carbocycles. The maximum Gasteiger partial charge on any atom is 0.343 e. The summed E-state index contributed by atoms with van der Waals surface area (Å²) in [5, 5.41) is 4.09. The molecular weight excluding hydrogens is 274 g/mol. The maximum absolute atomic E-state index is 12.2. The average Bonchev–Trinajstić information content (AvgIpc) is 2.42. The minimum atomic E-state index is -0.647. The summed E-state index contributed by atoms with van der Waals surface area (Å²) in [5.74, 6) is -0.660. The number of hydrogen-bond acceptors (Lipinski definition) is 5. The SMILES string of the molecule is CCOC(=O)c1cc(C)nn(CCCC(=O)N(C)C)c1=O. The smallest absolute Gasteiger partial charge is 0.343 e. The van der Waals surface area contributed by atoms with Gasteiger partial charge in [0.05, 0.1) is 12.3 Å². The van der Waals surface area contributed by atoms with Crippen molar-refractivity contribution in [1.82, 2.24) is 14.7 Å². The molecule has 0 aromatic carbocycles. The summed E-state index contributed by atoms with van der Waals surface area (Å²) in [6.07, 6.45) is 0.805. The van der Waals surface area contributed by atoms with Gasteiger partial charge >= 0.3 is 5.97 Å². The van der Waals surface area contributed by atoms with Gasteiger partial charge in [-0.1, -0.05) is 0 Å². The number of ether oxygens (including phenoxy) is 1. The van der Waals surface area contributed by atoms with Crippen molar-refractivity contribution in [1.29, 1.82) is 0 Å². The first kappa shape index (κ1) is 16.9. The number of aromatic nitrogens is 2. The zero-order valence-electron chi connectivity index (χ0n) is 12.9. The van der Waals surface area contributed by atoms with Gasteiger partial charge in [0, 0.05) is 27.1 Å². The van der Waals surface area contributed by atoms with Gasteiger partial charge < -0.3 is 9.64 Å². The second-order valence-electron chi connectivity index (χ2n) is 4.84. The van der Waals surface area contributed by atoms with Crippen molar-refractivity contribution in [3.63, 3.8) is 0 Å². The zero-order valence-corrected chi connectivity index (χ0v) is 12.9. The molecule has 1 amide bonds. The topological polar surface area (TPSA) is 81.5 Å². The molecule has 0 aliphatic rings. The number of esters is 1. The molecule has 0 aliphatic heterocycles. The fraction of sp³-hybridized carbons (Fsp3) is 0.571. The van der Waals surface area contributed by atoms with Crippen molar-refractivity contribution in [3.05, 3.63) is 27.7 Å². The predicted octanol–water partition coefficient (Wildman–Crippen LogP) is 0.597. The Morgan fingerprint density at radius 3 is 2.62 bits per heavy atom. The number of carbonyl (C=O) groups excluding carboxylic acids is 2. The molecule has 1 heterocycles. The summed E-state index contributed by atoms with van der Waals surface area (Å²) in [4.78, 5) is 36.9. The van der Waals surface area contributed by atoms with E-state index in [1.807, 2.05) is 0 Å². The van der Waals surface area contributed by atoms with Gasteiger partial charge in [0.2, 0.25) is 5.91 Å². The maximum atomic E-state index is 12.2. The molecule has 0 radical (unpaired) electrons. The number of rotatable bonds is 6. The van der Waals surface area contributed by atoms with Gasteiger partial charge in [-0.25, -0.2) is 9.48 Å². The van der Waals surface area contributed by atoms with Gasteiger partial charge in [0.1, 0.15) is 5.56 Å². The summed E-state index contributed by atoms with van der Waals surface area (Å²) >= 11 is 0. The van der Waals surface area contributed by atoms with Crippen LogP contribution < -0.4 is 5.56 Å². The fourth-order valence-electron chi connectivity index (χ4n) is 1.78. The minimum Gasteiger partial charge on any atom is -0.462 e. The molecule has 1 aromatic heterocycles. The lowest BCUT2D eigenvalue weighted by Crippen LogP contribution is -2.30. The van der Waals surface area contributed by atoms with Crippen LogP contribution in [0.3, 0.4) is 0 Å². The Hall–Kier alpha value is -2.18. The number of aryl methyl sites for hydroxylation is 2. The third-order valence-corrected chi connectivity index (χ3v) is 2.85. The molecule has 0 fully saturated rings. The third-order valence-electron chi connectivity index (χ3n) is 2.85. The summed E-state index contributed by atoms with van der Waals surface area (Å²) in [6.45, 7) is 3.87. The molecule has 0 unspecified atom stereocenters. The van der Waals surface area contributed by atoms with Crippen LogP contribution in [0.2, 0.25) is 0 Å². The Balaban J connectivity index is 2.86. The highest BCUT2D eigenvalue weighted by Crippen LogP contribution is 2.01. The molecule has 1 rings (SSSR count). The van der Waals surface area contributed by atoms with Crippen LogP contribution in [-0.2, 0) is 16.1 Å². The highest BCUT2D eigenvalue weighted by molar-refractivity contribution is 5.88. The van der Waals surface area contributed by atoms with Crippen LogP contribution >= 0.6 is 0 Å². The van der Waals surface area contributed by atoms with E-state index in [0.29, 0.717) is 18.5 Å². The second kappa shape index (κ2) is 7.56. The van der Waals surface area contributed by atoms with Crippen molar-refractivity contribution in [2.24, 2.45) is 0 Å². The molecule has 1 aromatic rings. The number of hydrogen-bond donors (Lipinski definition) is 0. The Morgan fingerprint density at radius 1 is 1.38 bits per heavy atom. The van der Waals surface area contributed by atoms with Crippen molar-refractivity contribution >= 4 is 11.9 Å². The van der Waals surface area contributed by atoms with E-state index >= 15 is 0 Å². The van der Waals surface area contributed by atoms with E-state index in [0.717, 1.165) is 0 Å². The Labute approximate surface area is 123 Å². The fourth-order valence-corrected chi connectivity index (χ4v) is 1.78. The Morgan fingerprint density at radius 2 is 2.05 bits per heavy atom. The lowest BCUT2D eigenvalue weighted by molar-refractivity contribution is -0.128. The largest absolute Gasteiger partial charge is 0.462 e. The first-order valence-corrected chi connectivity index (χ1v) is 6.82. The normalized spacial score (nSPS) is 10.3. The second-order valence-corrected chi connectivity index (χ2v) is 4.84. The van der Waals surface area contributed by atoms with E-state index in [9.17, 15) is 14.4 Å². The van der Waals surface area contributed by atoms with Crippen molar-refractivity contribution < 1.29 is 14.3 Å². The van der Waals surface area contributed by atoms with Crippen LogP contribution in [0, 0.1) is 6.92 Å². The monoisotopic (exact) mass is 295 g/mol. The van der Waals surface area contributed by atoms with E-state index in [1.165, 1.54) is 15.6 Å². The summed E-state index contributed by atoms with van der Waals surface area (Å²) < 4.78 is 6.06. The Bertz CT molecular complexity index is 578.